The van der Waals surface area contributed by atoms with E-state index in [0.717, 1.165) is 25.7 Å². The molecule has 1 saturated carbocycles. The highest BCUT2D eigenvalue weighted by atomic mass is 16.5. The highest BCUT2D eigenvalue weighted by Crippen LogP contribution is 2.36. The van der Waals surface area contributed by atoms with E-state index in [4.69, 9.17) is 4.74 Å². The monoisotopic (exact) mass is 336 g/mol. The molecule has 24 heavy (non-hydrogen) atoms. The lowest BCUT2D eigenvalue weighted by molar-refractivity contribution is 0.0518. The van der Waals surface area contributed by atoms with Crippen LogP contribution in [0.4, 0.5) is 0 Å². The molecule has 0 amide bonds. The van der Waals surface area contributed by atoms with Gasteiger partial charge in [0.05, 0.1) is 6.61 Å². The van der Waals surface area contributed by atoms with E-state index in [9.17, 15) is 14.7 Å². The lowest BCUT2D eigenvalue weighted by Crippen LogP contribution is -2.34. The van der Waals surface area contributed by atoms with E-state index in [-0.39, 0.29) is 29.3 Å². The Bertz CT molecular complexity index is 652. The smallest absolute Gasteiger partial charge is 0.347 e. The van der Waals surface area contributed by atoms with Gasteiger partial charge in [-0.2, -0.15) is 5.10 Å². The molecule has 0 unspecified atom stereocenters. The van der Waals surface area contributed by atoms with Crippen LogP contribution in [0.1, 0.15) is 81.8 Å². The van der Waals surface area contributed by atoms with Crippen LogP contribution in [0.2, 0.25) is 0 Å². The quantitative estimate of drug-likeness (QED) is 0.854. The molecule has 0 atom stereocenters. The maximum atomic E-state index is 12.7. The number of ether oxygens (including phenoxy) is 1. The number of aromatic nitrogens is 2. The summed E-state index contributed by atoms with van der Waals surface area (Å²) in [5.74, 6) is -0.989. The summed E-state index contributed by atoms with van der Waals surface area (Å²) in [5.41, 5.74) is -0.581. The minimum Gasteiger partial charge on any atom is -0.505 e. The molecule has 0 aliphatic heterocycles. The first-order valence-electron chi connectivity index (χ1n) is 8.75. The second kappa shape index (κ2) is 7.36. The fourth-order valence-corrected chi connectivity index (χ4v) is 3.18. The van der Waals surface area contributed by atoms with Crippen molar-refractivity contribution >= 4 is 5.97 Å². The van der Waals surface area contributed by atoms with Crippen molar-refractivity contribution in [1.82, 2.24) is 9.78 Å². The summed E-state index contributed by atoms with van der Waals surface area (Å²) in [6, 6.07) is 0. The normalized spacial score (nSPS) is 16.2. The molecule has 0 radical (unpaired) electrons. The van der Waals surface area contributed by atoms with Gasteiger partial charge in [0.1, 0.15) is 5.69 Å². The van der Waals surface area contributed by atoms with Gasteiger partial charge in [-0.15, -0.1) is 0 Å². The molecular formula is C18H28N2O4. The fourth-order valence-electron chi connectivity index (χ4n) is 3.18. The van der Waals surface area contributed by atoms with Gasteiger partial charge in [0.2, 0.25) is 0 Å². The third kappa shape index (κ3) is 4.16. The number of nitrogens with zero attached hydrogens (tertiary/aromatic N) is 2. The van der Waals surface area contributed by atoms with E-state index < -0.39 is 11.5 Å². The van der Waals surface area contributed by atoms with Gasteiger partial charge < -0.3 is 9.84 Å². The molecule has 1 fully saturated rings. The van der Waals surface area contributed by atoms with Crippen LogP contribution in [0, 0.1) is 5.41 Å². The van der Waals surface area contributed by atoms with Crippen LogP contribution in [0.5, 0.6) is 5.75 Å². The maximum Gasteiger partial charge on any atom is 0.347 e. The average molecular weight is 336 g/mol. The predicted molar refractivity (Wildman–Crippen MR) is 91.4 cm³/mol. The maximum absolute atomic E-state index is 12.7. The molecule has 1 aliphatic carbocycles. The van der Waals surface area contributed by atoms with E-state index in [0.29, 0.717) is 12.2 Å². The molecule has 0 aromatic carbocycles. The van der Waals surface area contributed by atoms with Crippen molar-refractivity contribution in [2.45, 2.75) is 72.3 Å². The third-order valence-electron chi connectivity index (χ3n) is 4.25. The van der Waals surface area contributed by atoms with Gasteiger partial charge >= 0.3 is 5.97 Å². The average Bonchev–Trinajstić information content (AvgIpc) is 2.50. The molecule has 0 spiro atoms. The lowest BCUT2D eigenvalue weighted by Gasteiger charge is -2.25. The number of carbonyl (C=O) groups is 1. The summed E-state index contributed by atoms with van der Waals surface area (Å²) in [7, 11) is 0. The zero-order chi connectivity index (χ0) is 17.9. The largest absolute Gasteiger partial charge is 0.505 e. The summed E-state index contributed by atoms with van der Waals surface area (Å²) < 4.78 is 6.29. The Hall–Kier alpha value is -1.85. The van der Waals surface area contributed by atoms with Crippen molar-refractivity contribution in [3.8, 4) is 5.75 Å². The molecule has 1 heterocycles. The van der Waals surface area contributed by atoms with Crippen LogP contribution in [0.3, 0.4) is 0 Å². The molecule has 134 valence electrons. The van der Waals surface area contributed by atoms with Crippen LogP contribution in [-0.4, -0.2) is 27.5 Å². The van der Waals surface area contributed by atoms with Gasteiger partial charge in [-0.3, -0.25) is 4.79 Å². The van der Waals surface area contributed by atoms with Gasteiger partial charge in [-0.05, 0) is 25.2 Å². The van der Waals surface area contributed by atoms with Crippen LogP contribution in [0.25, 0.3) is 0 Å². The second-order valence-electron chi connectivity index (χ2n) is 7.69. The Kier molecular flexibility index (Phi) is 5.67. The Morgan fingerprint density at radius 2 is 1.92 bits per heavy atom. The third-order valence-corrected chi connectivity index (χ3v) is 4.25. The van der Waals surface area contributed by atoms with Gasteiger partial charge in [0.15, 0.2) is 11.3 Å². The highest BCUT2D eigenvalue weighted by molar-refractivity contribution is 5.92. The summed E-state index contributed by atoms with van der Waals surface area (Å²) in [4.78, 5) is 24.9. The number of hydrogen-bond donors (Lipinski definition) is 1. The first-order chi connectivity index (χ1) is 11.2. The topological polar surface area (TPSA) is 81.4 Å². The number of carbonyl (C=O) groups excluding carboxylic acids is 1. The Balaban J connectivity index is 2.57. The summed E-state index contributed by atoms with van der Waals surface area (Å²) in [6.45, 7) is 8.19. The zero-order valence-electron chi connectivity index (χ0n) is 15.1. The van der Waals surface area contributed by atoms with Gasteiger partial charge in [-0.1, -0.05) is 40.0 Å². The Morgan fingerprint density at radius 1 is 1.29 bits per heavy atom. The van der Waals surface area contributed by atoms with Crippen LogP contribution >= 0.6 is 0 Å². The number of hydrogen-bond acceptors (Lipinski definition) is 5. The van der Waals surface area contributed by atoms with Gasteiger partial charge in [0.25, 0.3) is 5.56 Å². The van der Waals surface area contributed by atoms with E-state index in [1.54, 1.807) is 6.92 Å². The molecule has 1 N–H and O–H groups in total. The summed E-state index contributed by atoms with van der Waals surface area (Å²) >= 11 is 0. The lowest BCUT2D eigenvalue weighted by atomic mass is 9.86. The zero-order valence-corrected chi connectivity index (χ0v) is 15.1. The molecule has 1 aromatic heterocycles. The van der Waals surface area contributed by atoms with E-state index in [1.165, 1.54) is 11.1 Å². The molecule has 6 heteroatoms. The fraction of sp³-hybridized carbons (Fsp3) is 0.722. The SMILES string of the molecule is CCOC(=O)c1c(O)c(C2CCCCC2)nn(CC(C)(C)C)c1=O. The van der Waals surface area contributed by atoms with Crippen LogP contribution < -0.4 is 5.56 Å². The first-order valence-corrected chi connectivity index (χ1v) is 8.75. The van der Waals surface area contributed by atoms with Crippen molar-refractivity contribution in [1.29, 1.82) is 0 Å². The van der Waals surface area contributed by atoms with E-state index in [2.05, 4.69) is 5.10 Å². The summed E-state index contributed by atoms with van der Waals surface area (Å²) in [5, 5.41) is 15.0. The molecule has 0 saturated heterocycles. The molecule has 6 nitrogen and oxygen atoms in total. The van der Waals surface area contributed by atoms with Crippen molar-refractivity contribution in [2.24, 2.45) is 5.41 Å². The summed E-state index contributed by atoms with van der Waals surface area (Å²) in [6.07, 6.45) is 5.13. The first kappa shape index (κ1) is 18.5. The Morgan fingerprint density at radius 3 is 2.46 bits per heavy atom. The number of aromatic hydroxyl groups is 1. The molecule has 2 rings (SSSR count). The highest BCUT2D eigenvalue weighted by Gasteiger charge is 2.29. The number of esters is 1. The van der Waals surface area contributed by atoms with Crippen molar-refractivity contribution in [2.75, 3.05) is 6.61 Å². The second-order valence-corrected chi connectivity index (χ2v) is 7.69. The van der Waals surface area contributed by atoms with Gasteiger partial charge in [0, 0.05) is 12.5 Å². The van der Waals surface area contributed by atoms with Gasteiger partial charge in [-0.25, -0.2) is 9.48 Å². The molecule has 1 aromatic rings. The van der Waals surface area contributed by atoms with E-state index >= 15 is 0 Å². The van der Waals surface area contributed by atoms with Crippen molar-refractivity contribution < 1.29 is 14.6 Å². The molecular weight excluding hydrogens is 308 g/mol. The molecule has 1 aliphatic rings. The van der Waals surface area contributed by atoms with E-state index in [1.807, 2.05) is 20.8 Å². The van der Waals surface area contributed by atoms with Crippen molar-refractivity contribution in [3.05, 3.63) is 21.6 Å². The van der Waals surface area contributed by atoms with Crippen LogP contribution in [0.15, 0.2) is 4.79 Å². The molecule has 0 bridgehead atoms. The van der Waals surface area contributed by atoms with Crippen molar-refractivity contribution in [3.63, 3.8) is 0 Å². The predicted octanol–water partition coefficient (Wildman–Crippen LogP) is 3.22. The standard InChI is InChI=1S/C18H28N2O4/c1-5-24-17(23)13-15(21)14(12-9-7-6-8-10-12)19-20(16(13)22)11-18(2,3)4/h12,21H,5-11H2,1-4H3. The minimum absolute atomic E-state index is 0.0822. The Labute approximate surface area is 142 Å². The minimum atomic E-state index is -0.776. The number of rotatable bonds is 4. The van der Waals surface area contributed by atoms with Crippen LogP contribution in [-0.2, 0) is 11.3 Å².